The van der Waals surface area contributed by atoms with E-state index in [-0.39, 0.29) is 0 Å². The van der Waals surface area contributed by atoms with Gasteiger partial charge in [-0.2, -0.15) is 0 Å². The number of aromatic nitrogens is 1. The first-order valence-electron chi connectivity index (χ1n) is 5.40. The molecular formula is C13H17NO2. The SMILES string of the molecule is Cc1ccoc1C(O)c1[nH]c(C)c(C)c1C. The molecule has 2 aromatic heterocycles. The summed E-state index contributed by atoms with van der Waals surface area (Å²) in [5.74, 6) is 0.615. The van der Waals surface area contributed by atoms with E-state index in [1.165, 1.54) is 5.56 Å². The van der Waals surface area contributed by atoms with E-state index in [2.05, 4.69) is 4.98 Å². The van der Waals surface area contributed by atoms with E-state index < -0.39 is 6.10 Å². The molecule has 1 atom stereocenters. The Labute approximate surface area is 95.1 Å². The minimum Gasteiger partial charge on any atom is -0.466 e. The molecule has 2 heterocycles. The molecule has 86 valence electrons. The minimum absolute atomic E-state index is 0.615. The predicted molar refractivity (Wildman–Crippen MR) is 62.5 cm³/mol. The first kappa shape index (κ1) is 11.0. The number of nitrogens with one attached hydrogen (secondary N) is 1. The highest BCUT2D eigenvalue weighted by molar-refractivity contribution is 5.38. The van der Waals surface area contributed by atoms with Crippen molar-refractivity contribution in [3.63, 3.8) is 0 Å². The van der Waals surface area contributed by atoms with Gasteiger partial charge in [0.25, 0.3) is 0 Å². The molecule has 0 aliphatic heterocycles. The molecule has 0 aliphatic carbocycles. The van der Waals surface area contributed by atoms with Crippen LogP contribution in [-0.4, -0.2) is 10.1 Å². The Kier molecular flexibility index (Phi) is 2.64. The third-order valence-corrected chi connectivity index (χ3v) is 3.27. The zero-order chi connectivity index (χ0) is 11.9. The molecule has 0 spiro atoms. The predicted octanol–water partition coefficient (Wildman–Crippen LogP) is 2.92. The Bertz CT molecular complexity index is 508. The number of hydrogen-bond acceptors (Lipinski definition) is 2. The quantitative estimate of drug-likeness (QED) is 0.815. The number of aryl methyl sites for hydroxylation is 2. The number of aliphatic hydroxyl groups excluding tert-OH is 1. The Morgan fingerprint density at radius 3 is 2.31 bits per heavy atom. The van der Waals surface area contributed by atoms with Crippen molar-refractivity contribution < 1.29 is 9.52 Å². The summed E-state index contributed by atoms with van der Waals surface area (Å²) in [5, 5.41) is 10.3. The molecule has 0 saturated carbocycles. The summed E-state index contributed by atoms with van der Waals surface area (Å²) in [6.07, 6.45) is 0.897. The second kappa shape index (κ2) is 3.83. The Hall–Kier alpha value is -1.48. The maximum atomic E-state index is 10.3. The van der Waals surface area contributed by atoms with Gasteiger partial charge in [-0.25, -0.2) is 0 Å². The molecule has 3 heteroatoms. The van der Waals surface area contributed by atoms with Gasteiger partial charge >= 0.3 is 0 Å². The molecule has 0 bridgehead atoms. The second-order valence-electron chi connectivity index (χ2n) is 4.28. The van der Waals surface area contributed by atoms with Crippen molar-refractivity contribution in [3.8, 4) is 0 Å². The molecule has 0 aliphatic rings. The molecule has 0 amide bonds. The van der Waals surface area contributed by atoms with Crippen molar-refractivity contribution in [2.75, 3.05) is 0 Å². The van der Waals surface area contributed by atoms with E-state index in [9.17, 15) is 5.11 Å². The molecular weight excluding hydrogens is 202 g/mol. The summed E-state index contributed by atoms with van der Waals surface area (Å²) in [7, 11) is 0. The molecule has 3 nitrogen and oxygen atoms in total. The molecule has 0 fully saturated rings. The third kappa shape index (κ3) is 1.57. The highest BCUT2D eigenvalue weighted by Crippen LogP contribution is 2.29. The van der Waals surface area contributed by atoms with Gasteiger partial charge in [0.05, 0.1) is 12.0 Å². The number of aromatic amines is 1. The van der Waals surface area contributed by atoms with Crippen molar-refractivity contribution in [1.29, 1.82) is 0 Å². The molecule has 2 N–H and O–H groups in total. The molecule has 0 saturated heterocycles. The fourth-order valence-corrected chi connectivity index (χ4v) is 1.94. The lowest BCUT2D eigenvalue weighted by Crippen LogP contribution is -2.02. The number of H-pyrrole nitrogens is 1. The van der Waals surface area contributed by atoms with E-state index in [1.807, 2.05) is 33.8 Å². The van der Waals surface area contributed by atoms with Crippen molar-refractivity contribution >= 4 is 0 Å². The van der Waals surface area contributed by atoms with Gasteiger partial charge in [0.1, 0.15) is 5.76 Å². The van der Waals surface area contributed by atoms with Crippen LogP contribution in [0.5, 0.6) is 0 Å². The number of hydrogen-bond donors (Lipinski definition) is 2. The zero-order valence-electron chi connectivity index (χ0n) is 10.1. The first-order valence-corrected chi connectivity index (χ1v) is 5.40. The summed E-state index contributed by atoms with van der Waals surface area (Å²) >= 11 is 0. The van der Waals surface area contributed by atoms with E-state index in [0.29, 0.717) is 5.76 Å². The molecule has 16 heavy (non-hydrogen) atoms. The van der Waals surface area contributed by atoms with Crippen molar-refractivity contribution in [1.82, 2.24) is 4.98 Å². The molecule has 2 rings (SSSR count). The maximum Gasteiger partial charge on any atom is 0.152 e. The van der Waals surface area contributed by atoms with Gasteiger partial charge in [-0.15, -0.1) is 0 Å². The Morgan fingerprint density at radius 1 is 1.19 bits per heavy atom. The van der Waals surface area contributed by atoms with Gasteiger partial charge < -0.3 is 14.5 Å². The normalized spacial score (nSPS) is 13.1. The van der Waals surface area contributed by atoms with E-state index in [1.54, 1.807) is 6.26 Å². The lowest BCUT2D eigenvalue weighted by Gasteiger charge is -2.09. The van der Waals surface area contributed by atoms with Gasteiger partial charge in [-0.3, -0.25) is 0 Å². The number of rotatable bonds is 2. The first-order chi connectivity index (χ1) is 7.52. The minimum atomic E-state index is -0.706. The zero-order valence-corrected chi connectivity index (χ0v) is 10.1. The smallest absolute Gasteiger partial charge is 0.152 e. The van der Waals surface area contributed by atoms with Gasteiger partial charge in [0, 0.05) is 5.69 Å². The average Bonchev–Trinajstić information content (AvgIpc) is 2.77. The third-order valence-electron chi connectivity index (χ3n) is 3.27. The largest absolute Gasteiger partial charge is 0.466 e. The van der Waals surface area contributed by atoms with Crippen LogP contribution in [0.15, 0.2) is 16.7 Å². The van der Waals surface area contributed by atoms with Crippen molar-refractivity contribution in [2.45, 2.75) is 33.8 Å². The standard InChI is InChI=1S/C13H17NO2/c1-7-5-6-16-13(7)12(15)11-9(3)8(2)10(4)14-11/h5-6,12,14-15H,1-4H3. The highest BCUT2D eigenvalue weighted by Gasteiger charge is 2.21. The van der Waals surface area contributed by atoms with Crippen LogP contribution in [0.25, 0.3) is 0 Å². The average molecular weight is 219 g/mol. The van der Waals surface area contributed by atoms with E-state index >= 15 is 0 Å². The van der Waals surface area contributed by atoms with Crippen LogP contribution in [0.2, 0.25) is 0 Å². The fourth-order valence-electron chi connectivity index (χ4n) is 1.94. The topological polar surface area (TPSA) is 49.2 Å². The number of aliphatic hydroxyl groups is 1. The second-order valence-corrected chi connectivity index (χ2v) is 4.28. The lowest BCUT2D eigenvalue weighted by atomic mass is 10.1. The van der Waals surface area contributed by atoms with Crippen LogP contribution in [-0.2, 0) is 0 Å². The maximum absolute atomic E-state index is 10.3. The monoisotopic (exact) mass is 219 g/mol. The van der Waals surface area contributed by atoms with Crippen LogP contribution in [0, 0.1) is 27.7 Å². The van der Waals surface area contributed by atoms with Crippen molar-refractivity contribution in [2.24, 2.45) is 0 Å². The lowest BCUT2D eigenvalue weighted by molar-refractivity contribution is 0.183. The summed E-state index contributed by atoms with van der Waals surface area (Å²) in [6.45, 7) is 8.00. The van der Waals surface area contributed by atoms with Gasteiger partial charge in [0.2, 0.25) is 0 Å². The molecule has 2 aromatic rings. The van der Waals surface area contributed by atoms with Crippen LogP contribution >= 0.6 is 0 Å². The Balaban J connectivity index is 2.45. The fraction of sp³-hybridized carbons (Fsp3) is 0.385. The van der Waals surface area contributed by atoms with E-state index in [4.69, 9.17) is 4.42 Å². The Morgan fingerprint density at radius 2 is 1.88 bits per heavy atom. The summed E-state index contributed by atoms with van der Waals surface area (Å²) < 4.78 is 5.31. The molecule has 0 radical (unpaired) electrons. The van der Waals surface area contributed by atoms with Crippen LogP contribution < -0.4 is 0 Å². The van der Waals surface area contributed by atoms with Crippen LogP contribution in [0.3, 0.4) is 0 Å². The molecule has 1 unspecified atom stereocenters. The highest BCUT2D eigenvalue weighted by atomic mass is 16.4. The van der Waals surface area contributed by atoms with Crippen LogP contribution in [0.4, 0.5) is 0 Å². The van der Waals surface area contributed by atoms with Gasteiger partial charge in [-0.05, 0) is 50.5 Å². The summed E-state index contributed by atoms with van der Waals surface area (Å²) in [5.41, 5.74) is 5.18. The summed E-state index contributed by atoms with van der Waals surface area (Å²) in [4.78, 5) is 3.22. The molecule has 0 aromatic carbocycles. The van der Waals surface area contributed by atoms with Gasteiger partial charge in [-0.1, -0.05) is 0 Å². The van der Waals surface area contributed by atoms with E-state index in [0.717, 1.165) is 22.5 Å². The summed E-state index contributed by atoms with van der Waals surface area (Å²) in [6, 6.07) is 1.86. The van der Waals surface area contributed by atoms with Crippen molar-refractivity contribution in [3.05, 3.63) is 46.2 Å². The van der Waals surface area contributed by atoms with Crippen LogP contribution in [0.1, 0.15) is 39.9 Å². The number of furan rings is 1. The van der Waals surface area contributed by atoms with Gasteiger partial charge in [0.15, 0.2) is 6.10 Å².